The summed E-state index contributed by atoms with van der Waals surface area (Å²) in [6, 6.07) is 9.82. The van der Waals surface area contributed by atoms with E-state index >= 15 is 0 Å². The highest BCUT2D eigenvalue weighted by Crippen LogP contribution is 2.24. The Balaban J connectivity index is 2.04. The lowest BCUT2D eigenvalue weighted by atomic mass is 9.99. The van der Waals surface area contributed by atoms with Gasteiger partial charge in [-0.05, 0) is 51.3 Å². The molecule has 106 valence electrons. The summed E-state index contributed by atoms with van der Waals surface area (Å²) in [5.41, 5.74) is 4.93. The van der Waals surface area contributed by atoms with E-state index in [4.69, 9.17) is 4.74 Å². The van der Waals surface area contributed by atoms with E-state index in [0.717, 1.165) is 5.75 Å². The fourth-order valence-electron chi connectivity index (χ4n) is 2.88. The molecular weight excluding hydrogens is 236 g/mol. The molecule has 3 nitrogen and oxygen atoms in total. The van der Waals surface area contributed by atoms with Gasteiger partial charge in [0.1, 0.15) is 5.75 Å². The van der Waals surface area contributed by atoms with Crippen molar-refractivity contribution in [3.05, 3.63) is 29.8 Å². The first-order valence-corrected chi connectivity index (χ1v) is 7.30. The number of nitrogens with zero attached hydrogens (tertiary/aromatic N) is 1. The standard InChI is InChI=1S/C16H26N2O/c1-12-7-5-8-13(2)18(12)17-14(3)15-9-6-10-16(11-15)19-4/h6,9-14,17H,5,7-8H2,1-4H3. The van der Waals surface area contributed by atoms with Gasteiger partial charge in [-0.2, -0.15) is 0 Å². The summed E-state index contributed by atoms with van der Waals surface area (Å²) < 4.78 is 5.30. The number of benzene rings is 1. The Bertz CT molecular complexity index is 397. The molecule has 1 aromatic rings. The summed E-state index contributed by atoms with van der Waals surface area (Å²) in [7, 11) is 1.71. The highest BCUT2D eigenvalue weighted by molar-refractivity contribution is 5.30. The first-order chi connectivity index (χ1) is 9.11. The van der Waals surface area contributed by atoms with Crippen molar-refractivity contribution in [1.82, 2.24) is 10.4 Å². The molecule has 0 spiro atoms. The largest absolute Gasteiger partial charge is 0.497 e. The van der Waals surface area contributed by atoms with E-state index < -0.39 is 0 Å². The van der Waals surface area contributed by atoms with Crippen molar-refractivity contribution in [1.29, 1.82) is 0 Å². The fourth-order valence-corrected chi connectivity index (χ4v) is 2.88. The zero-order chi connectivity index (χ0) is 13.8. The van der Waals surface area contributed by atoms with Crippen molar-refractivity contribution >= 4 is 0 Å². The van der Waals surface area contributed by atoms with Crippen LogP contribution < -0.4 is 10.2 Å². The second kappa shape index (κ2) is 6.40. The van der Waals surface area contributed by atoms with Crippen molar-refractivity contribution < 1.29 is 4.74 Å². The molecule has 1 aromatic carbocycles. The van der Waals surface area contributed by atoms with Crippen LogP contribution in [-0.2, 0) is 0 Å². The average molecular weight is 262 g/mol. The van der Waals surface area contributed by atoms with E-state index in [1.165, 1.54) is 24.8 Å². The molecule has 1 saturated heterocycles. The Morgan fingerprint density at radius 2 is 1.95 bits per heavy atom. The Morgan fingerprint density at radius 1 is 1.26 bits per heavy atom. The van der Waals surface area contributed by atoms with Gasteiger partial charge in [0.2, 0.25) is 0 Å². The number of hydrazine groups is 1. The molecule has 3 unspecified atom stereocenters. The van der Waals surface area contributed by atoms with E-state index in [1.807, 2.05) is 6.07 Å². The molecule has 1 aliphatic heterocycles. The van der Waals surface area contributed by atoms with Crippen molar-refractivity contribution in [2.75, 3.05) is 7.11 Å². The number of rotatable bonds is 4. The van der Waals surface area contributed by atoms with Gasteiger partial charge in [0.05, 0.1) is 7.11 Å². The van der Waals surface area contributed by atoms with Gasteiger partial charge in [0.15, 0.2) is 0 Å². The quantitative estimate of drug-likeness (QED) is 0.898. The van der Waals surface area contributed by atoms with Gasteiger partial charge < -0.3 is 4.74 Å². The average Bonchev–Trinajstić information content (AvgIpc) is 2.43. The summed E-state index contributed by atoms with van der Waals surface area (Å²) in [5, 5.41) is 2.42. The second-order valence-electron chi connectivity index (χ2n) is 5.66. The van der Waals surface area contributed by atoms with Crippen LogP contribution in [-0.4, -0.2) is 24.2 Å². The van der Waals surface area contributed by atoms with E-state index in [-0.39, 0.29) is 0 Å². The molecule has 0 saturated carbocycles. The first kappa shape index (κ1) is 14.4. The summed E-state index contributed by atoms with van der Waals surface area (Å²) in [4.78, 5) is 0. The zero-order valence-electron chi connectivity index (χ0n) is 12.5. The Labute approximate surface area is 116 Å². The number of piperidine rings is 1. The maximum atomic E-state index is 5.30. The Hall–Kier alpha value is -1.06. The van der Waals surface area contributed by atoms with Crippen molar-refractivity contribution in [3.8, 4) is 5.75 Å². The monoisotopic (exact) mass is 262 g/mol. The highest BCUT2D eigenvalue weighted by atomic mass is 16.5. The van der Waals surface area contributed by atoms with E-state index in [0.29, 0.717) is 18.1 Å². The van der Waals surface area contributed by atoms with Crippen LogP contribution >= 0.6 is 0 Å². The van der Waals surface area contributed by atoms with Crippen LogP contribution in [0.25, 0.3) is 0 Å². The SMILES string of the molecule is COc1cccc(C(C)NN2C(C)CCCC2C)c1. The normalized spacial score (nSPS) is 26.1. The molecule has 0 aliphatic carbocycles. The van der Waals surface area contributed by atoms with E-state index in [2.05, 4.69) is 49.4 Å². The number of ether oxygens (including phenoxy) is 1. The van der Waals surface area contributed by atoms with Gasteiger partial charge >= 0.3 is 0 Å². The topological polar surface area (TPSA) is 24.5 Å². The predicted octanol–water partition coefficient (Wildman–Crippen LogP) is 3.52. The van der Waals surface area contributed by atoms with E-state index in [9.17, 15) is 0 Å². The lowest BCUT2D eigenvalue weighted by Gasteiger charge is -2.41. The third-order valence-electron chi connectivity index (χ3n) is 4.13. The summed E-state index contributed by atoms with van der Waals surface area (Å²) >= 11 is 0. The number of nitrogens with one attached hydrogen (secondary N) is 1. The minimum absolute atomic E-state index is 0.304. The number of methoxy groups -OCH3 is 1. The van der Waals surface area contributed by atoms with Crippen molar-refractivity contribution in [3.63, 3.8) is 0 Å². The molecule has 0 aromatic heterocycles. The smallest absolute Gasteiger partial charge is 0.119 e. The van der Waals surface area contributed by atoms with Crippen molar-refractivity contribution in [2.24, 2.45) is 0 Å². The molecule has 2 rings (SSSR count). The molecular formula is C16H26N2O. The van der Waals surface area contributed by atoms with Crippen LogP contribution in [0.15, 0.2) is 24.3 Å². The third-order valence-corrected chi connectivity index (χ3v) is 4.13. The molecule has 3 atom stereocenters. The van der Waals surface area contributed by atoms with Gasteiger partial charge in [-0.25, -0.2) is 10.4 Å². The van der Waals surface area contributed by atoms with Gasteiger partial charge in [0.25, 0.3) is 0 Å². The van der Waals surface area contributed by atoms with Crippen molar-refractivity contribution in [2.45, 2.75) is 58.2 Å². The Morgan fingerprint density at radius 3 is 2.58 bits per heavy atom. The summed E-state index contributed by atoms with van der Waals surface area (Å²) in [6.45, 7) is 6.82. The van der Waals surface area contributed by atoms with Gasteiger partial charge in [-0.1, -0.05) is 18.6 Å². The molecule has 0 bridgehead atoms. The molecule has 1 aliphatic rings. The van der Waals surface area contributed by atoms with Crippen LogP contribution in [0.5, 0.6) is 5.75 Å². The van der Waals surface area contributed by atoms with Gasteiger partial charge in [-0.15, -0.1) is 0 Å². The summed E-state index contributed by atoms with van der Waals surface area (Å²) in [6.07, 6.45) is 3.90. The fraction of sp³-hybridized carbons (Fsp3) is 0.625. The molecule has 1 N–H and O–H groups in total. The summed E-state index contributed by atoms with van der Waals surface area (Å²) in [5.74, 6) is 0.922. The molecule has 0 radical (unpaired) electrons. The second-order valence-corrected chi connectivity index (χ2v) is 5.66. The van der Waals surface area contributed by atoms with E-state index in [1.54, 1.807) is 7.11 Å². The minimum atomic E-state index is 0.304. The van der Waals surface area contributed by atoms with Crippen LogP contribution in [0.1, 0.15) is 51.6 Å². The van der Waals surface area contributed by atoms with Crippen LogP contribution in [0.3, 0.4) is 0 Å². The van der Waals surface area contributed by atoms with Gasteiger partial charge in [-0.3, -0.25) is 0 Å². The number of hydrogen-bond acceptors (Lipinski definition) is 3. The zero-order valence-corrected chi connectivity index (χ0v) is 12.5. The molecule has 0 amide bonds. The first-order valence-electron chi connectivity index (χ1n) is 7.30. The third kappa shape index (κ3) is 3.48. The van der Waals surface area contributed by atoms with Crippen LogP contribution in [0.2, 0.25) is 0 Å². The molecule has 1 fully saturated rings. The Kier molecular flexibility index (Phi) is 4.83. The van der Waals surface area contributed by atoms with Crippen LogP contribution in [0.4, 0.5) is 0 Å². The molecule has 19 heavy (non-hydrogen) atoms. The highest BCUT2D eigenvalue weighted by Gasteiger charge is 2.25. The lowest BCUT2D eigenvalue weighted by Crippen LogP contribution is -2.52. The van der Waals surface area contributed by atoms with Crippen LogP contribution in [0, 0.1) is 0 Å². The lowest BCUT2D eigenvalue weighted by molar-refractivity contribution is 0.0320. The maximum absolute atomic E-state index is 5.30. The predicted molar refractivity (Wildman–Crippen MR) is 79.2 cm³/mol. The maximum Gasteiger partial charge on any atom is 0.119 e. The molecule has 1 heterocycles. The molecule has 3 heteroatoms. The number of hydrogen-bond donors (Lipinski definition) is 1. The van der Waals surface area contributed by atoms with Gasteiger partial charge in [0, 0.05) is 18.1 Å². The minimum Gasteiger partial charge on any atom is -0.497 e.